The first kappa shape index (κ1) is 15.1. The van der Waals surface area contributed by atoms with Gasteiger partial charge in [-0.1, -0.05) is 0 Å². The second-order valence-electron chi connectivity index (χ2n) is 3.69. The fourth-order valence-corrected chi connectivity index (χ4v) is 1.44. The zero-order valence-corrected chi connectivity index (χ0v) is 10.5. The van der Waals surface area contributed by atoms with Gasteiger partial charge in [0.25, 0.3) is 5.56 Å². The van der Waals surface area contributed by atoms with Gasteiger partial charge in [-0.25, -0.2) is 4.79 Å². The van der Waals surface area contributed by atoms with Crippen molar-refractivity contribution in [3.63, 3.8) is 0 Å². The number of hydrogen-bond acceptors (Lipinski definition) is 5. The number of aromatic nitrogens is 2. The van der Waals surface area contributed by atoms with Gasteiger partial charge in [0.15, 0.2) is 0 Å². The second-order valence-corrected chi connectivity index (χ2v) is 3.69. The number of nitrogens with one attached hydrogen (secondary N) is 2. The first-order valence-electron chi connectivity index (χ1n) is 5.76. The summed E-state index contributed by atoms with van der Waals surface area (Å²) in [7, 11) is 0. The molecule has 1 unspecified atom stereocenters. The Morgan fingerprint density at radius 1 is 1.37 bits per heavy atom. The zero-order chi connectivity index (χ0) is 14.3. The van der Waals surface area contributed by atoms with Crippen LogP contribution in [0.5, 0.6) is 0 Å². The Hall–Kier alpha value is -1.93. The average Bonchev–Trinajstić information content (AvgIpc) is 2.35. The fraction of sp³-hybridized carbons (Fsp3) is 0.545. The number of hydrogen-bond donors (Lipinski definition) is 3. The van der Waals surface area contributed by atoms with E-state index in [0.29, 0.717) is 13.2 Å². The number of aliphatic carboxylic acids is 1. The van der Waals surface area contributed by atoms with Gasteiger partial charge in [0.05, 0.1) is 25.4 Å². The smallest absolute Gasteiger partial charge is 0.325 e. The molecule has 1 rings (SSSR count). The van der Waals surface area contributed by atoms with Crippen molar-refractivity contribution in [3.8, 4) is 0 Å². The highest BCUT2D eigenvalue weighted by molar-refractivity contribution is 5.75. The van der Waals surface area contributed by atoms with Crippen LogP contribution in [-0.4, -0.2) is 47.5 Å². The van der Waals surface area contributed by atoms with E-state index >= 15 is 0 Å². The lowest BCUT2D eigenvalue weighted by atomic mass is 10.0. The summed E-state index contributed by atoms with van der Waals surface area (Å²) in [5.41, 5.74) is -1.47. The Kier molecular flexibility index (Phi) is 5.97. The molecule has 19 heavy (non-hydrogen) atoms. The van der Waals surface area contributed by atoms with E-state index in [-0.39, 0.29) is 18.8 Å². The van der Waals surface area contributed by atoms with Crippen molar-refractivity contribution in [1.82, 2.24) is 9.97 Å². The van der Waals surface area contributed by atoms with Crippen LogP contribution < -0.4 is 11.2 Å². The quantitative estimate of drug-likeness (QED) is 0.537. The SMILES string of the molecule is CCOCCOCC(C(=O)O)c1c[nH]c(=O)[nH]c1=O. The van der Waals surface area contributed by atoms with E-state index < -0.39 is 23.1 Å². The van der Waals surface area contributed by atoms with Crippen molar-refractivity contribution in [2.75, 3.05) is 26.4 Å². The summed E-state index contributed by atoms with van der Waals surface area (Å²) >= 11 is 0. The van der Waals surface area contributed by atoms with Crippen molar-refractivity contribution >= 4 is 5.97 Å². The Morgan fingerprint density at radius 2 is 2.05 bits per heavy atom. The minimum absolute atomic E-state index is 0.0523. The largest absolute Gasteiger partial charge is 0.481 e. The van der Waals surface area contributed by atoms with Crippen LogP contribution in [-0.2, 0) is 14.3 Å². The molecule has 0 aliphatic rings. The predicted molar refractivity (Wildman–Crippen MR) is 65.4 cm³/mol. The molecule has 1 atom stereocenters. The van der Waals surface area contributed by atoms with Gasteiger partial charge in [-0.3, -0.25) is 14.6 Å². The first-order valence-corrected chi connectivity index (χ1v) is 5.76. The van der Waals surface area contributed by atoms with Crippen LogP contribution in [0, 0.1) is 0 Å². The molecule has 0 aliphatic heterocycles. The van der Waals surface area contributed by atoms with E-state index in [0.717, 1.165) is 6.20 Å². The third-order valence-corrected chi connectivity index (χ3v) is 2.38. The predicted octanol–water partition coefficient (Wildman–Crippen LogP) is -0.715. The van der Waals surface area contributed by atoms with Crippen LogP contribution in [0.1, 0.15) is 18.4 Å². The maximum absolute atomic E-state index is 11.5. The molecule has 0 fully saturated rings. The normalized spacial score (nSPS) is 12.3. The van der Waals surface area contributed by atoms with Crippen LogP contribution in [0.2, 0.25) is 0 Å². The highest BCUT2D eigenvalue weighted by Gasteiger charge is 2.23. The molecule has 0 aliphatic carbocycles. The number of carboxylic acids is 1. The molecule has 1 aromatic heterocycles. The van der Waals surface area contributed by atoms with Crippen LogP contribution in [0.3, 0.4) is 0 Å². The van der Waals surface area contributed by atoms with Gasteiger partial charge in [0.2, 0.25) is 0 Å². The number of rotatable bonds is 8. The summed E-state index contributed by atoms with van der Waals surface area (Å²) in [4.78, 5) is 37.7. The van der Waals surface area contributed by atoms with Crippen molar-refractivity contribution in [1.29, 1.82) is 0 Å². The Balaban J connectivity index is 2.70. The summed E-state index contributed by atoms with van der Waals surface area (Å²) in [5.74, 6) is -2.34. The van der Waals surface area contributed by atoms with Gasteiger partial charge in [-0.05, 0) is 6.92 Å². The fourth-order valence-electron chi connectivity index (χ4n) is 1.44. The summed E-state index contributed by atoms with van der Waals surface area (Å²) in [5, 5.41) is 9.07. The first-order chi connectivity index (χ1) is 9.06. The number of carboxylic acid groups (broad SMARTS) is 1. The molecule has 0 bridgehead atoms. The lowest BCUT2D eigenvalue weighted by Crippen LogP contribution is -2.31. The van der Waals surface area contributed by atoms with Crippen molar-refractivity contribution < 1.29 is 19.4 Å². The van der Waals surface area contributed by atoms with Crippen LogP contribution in [0.15, 0.2) is 15.8 Å². The molecule has 1 aromatic rings. The van der Waals surface area contributed by atoms with Crippen LogP contribution in [0.25, 0.3) is 0 Å². The maximum atomic E-state index is 11.5. The van der Waals surface area contributed by atoms with E-state index in [2.05, 4.69) is 4.98 Å². The Labute approximate surface area is 108 Å². The average molecular weight is 272 g/mol. The molecule has 8 nitrogen and oxygen atoms in total. The number of aromatic amines is 2. The maximum Gasteiger partial charge on any atom is 0.325 e. The molecule has 8 heteroatoms. The molecule has 106 valence electrons. The summed E-state index contributed by atoms with van der Waals surface area (Å²) in [6.07, 6.45) is 1.09. The van der Waals surface area contributed by atoms with Crippen molar-refractivity contribution in [3.05, 3.63) is 32.6 Å². The van der Waals surface area contributed by atoms with E-state index in [4.69, 9.17) is 14.6 Å². The number of H-pyrrole nitrogens is 2. The van der Waals surface area contributed by atoms with E-state index in [1.807, 2.05) is 11.9 Å². The lowest BCUT2D eigenvalue weighted by molar-refractivity contribution is -0.140. The summed E-state index contributed by atoms with van der Waals surface area (Å²) < 4.78 is 10.2. The van der Waals surface area contributed by atoms with Gasteiger partial charge in [-0.2, -0.15) is 0 Å². The molecule has 3 N–H and O–H groups in total. The van der Waals surface area contributed by atoms with E-state index in [1.165, 1.54) is 0 Å². The highest BCUT2D eigenvalue weighted by Crippen LogP contribution is 2.10. The van der Waals surface area contributed by atoms with E-state index in [1.54, 1.807) is 0 Å². The molecular formula is C11H16N2O6. The van der Waals surface area contributed by atoms with Gasteiger partial charge >= 0.3 is 11.7 Å². The molecule has 0 radical (unpaired) electrons. The molecule has 0 amide bonds. The molecule has 0 spiro atoms. The number of ether oxygens (including phenoxy) is 2. The third kappa shape index (κ3) is 4.68. The van der Waals surface area contributed by atoms with Crippen molar-refractivity contribution in [2.24, 2.45) is 0 Å². The molecular weight excluding hydrogens is 256 g/mol. The topological polar surface area (TPSA) is 121 Å². The van der Waals surface area contributed by atoms with Crippen LogP contribution in [0.4, 0.5) is 0 Å². The minimum Gasteiger partial charge on any atom is -0.481 e. The highest BCUT2D eigenvalue weighted by atomic mass is 16.5. The second kappa shape index (κ2) is 7.49. The third-order valence-electron chi connectivity index (χ3n) is 2.38. The molecule has 0 saturated carbocycles. The molecule has 0 saturated heterocycles. The van der Waals surface area contributed by atoms with Gasteiger partial charge < -0.3 is 19.6 Å². The Morgan fingerprint density at radius 3 is 2.63 bits per heavy atom. The zero-order valence-electron chi connectivity index (χ0n) is 10.5. The van der Waals surface area contributed by atoms with Crippen molar-refractivity contribution in [2.45, 2.75) is 12.8 Å². The standard InChI is InChI=1S/C11H16N2O6/c1-2-18-3-4-19-6-8(10(15)16)7-5-12-11(17)13-9(7)14/h5,8H,2-4,6H2,1H3,(H,15,16)(H2,12,13,14,17). The number of carbonyl (C=O) groups is 1. The summed E-state index contributed by atoms with van der Waals surface area (Å²) in [6, 6.07) is 0. The van der Waals surface area contributed by atoms with Gasteiger partial charge in [-0.15, -0.1) is 0 Å². The molecule has 0 aromatic carbocycles. The van der Waals surface area contributed by atoms with Gasteiger partial charge in [0, 0.05) is 12.8 Å². The van der Waals surface area contributed by atoms with Crippen LogP contribution >= 0.6 is 0 Å². The molecule has 1 heterocycles. The monoisotopic (exact) mass is 272 g/mol. The Bertz CT molecular complexity index is 520. The minimum atomic E-state index is -1.20. The summed E-state index contributed by atoms with van der Waals surface area (Å²) in [6.45, 7) is 2.80. The lowest BCUT2D eigenvalue weighted by Gasteiger charge is -2.12. The van der Waals surface area contributed by atoms with E-state index in [9.17, 15) is 14.4 Å². The van der Waals surface area contributed by atoms with Gasteiger partial charge in [0.1, 0.15) is 5.92 Å².